The van der Waals surface area contributed by atoms with Gasteiger partial charge < -0.3 is 10.0 Å². The molecule has 1 fully saturated rings. The molecule has 1 aromatic heterocycles. The van der Waals surface area contributed by atoms with Gasteiger partial charge >= 0.3 is 5.97 Å². The first-order valence-corrected chi connectivity index (χ1v) is 8.14. The first-order valence-electron chi connectivity index (χ1n) is 7.39. The molecule has 2 aromatic rings. The molecule has 1 saturated heterocycles. The molecule has 8 heteroatoms. The largest absolute Gasteiger partial charge is 0.481 e. The Hall–Kier alpha value is -2.05. The van der Waals surface area contributed by atoms with E-state index in [0.29, 0.717) is 27.8 Å². The van der Waals surface area contributed by atoms with Crippen LogP contribution in [0.4, 0.5) is 0 Å². The van der Waals surface area contributed by atoms with Crippen molar-refractivity contribution >= 4 is 35.1 Å². The quantitative estimate of drug-likeness (QED) is 0.904. The molecule has 24 heavy (non-hydrogen) atoms. The smallest absolute Gasteiger partial charge is 0.308 e. The Morgan fingerprint density at radius 2 is 2.04 bits per heavy atom. The number of carboxylic acid groups (broad SMARTS) is 1. The zero-order valence-electron chi connectivity index (χ0n) is 12.8. The van der Waals surface area contributed by atoms with Crippen molar-refractivity contribution in [2.24, 2.45) is 11.8 Å². The van der Waals surface area contributed by atoms with Crippen LogP contribution in [0, 0.1) is 11.8 Å². The standard InChI is InChI=1S/C16H15Cl2N3O3/c1-9-6-20(8-12(9)16(23)24)15(22)10-5-19-21(7-10)14-3-2-11(17)4-13(14)18/h2-5,7,9,12H,6,8H2,1H3,(H,23,24)/t9-,12-/m1/s1. The van der Waals surface area contributed by atoms with Crippen LogP contribution in [-0.2, 0) is 4.79 Å². The molecular weight excluding hydrogens is 353 g/mol. The lowest BCUT2D eigenvalue weighted by atomic mass is 9.99. The lowest BCUT2D eigenvalue weighted by molar-refractivity contribution is -0.142. The zero-order chi connectivity index (χ0) is 17.4. The van der Waals surface area contributed by atoms with Gasteiger partial charge in [0.05, 0.1) is 28.4 Å². The van der Waals surface area contributed by atoms with Gasteiger partial charge in [-0.2, -0.15) is 5.10 Å². The molecule has 126 valence electrons. The molecule has 0 spiro atoms. The van der Waals surface area contributed by atoms with E-state index in [2.05, 4.69) is 5.10 Å². The van der Waals surface area contributed by atoms with Gasteiger partial charge in [0.25, 0.3) is 5.91 Å². The number of nitrogens with zero attached hydrogens (tertiary/aromatic N) is 3. The molecule has 1 aliphatic rings. The van der Waals surface area contributed by atoms with Crippen LogP contribution in [-0.4, -0.2) is 44.8 Å². The molecule has 0 unspecified atom stereocenters. The van der Waals surface area contributed by atoms with E-state index < -0.39 is 11.9 Å². The van der Waals surface area contributed by atoms with Crippen molar-refractivity contribution in [1.82, 2.24) is 14.7 Å². The molecule has 3 rings (SSSR count). The summed E-state index contributed by atoms with van der Waals surface area (Å²) in [4.78, 5) is 25.3. The number of hydrogen-bond donors (Lipinski definition) is 1. The minimum atomic E-state index is -0.874. The molecular formula is C16H15Cl2N3O3. The van der Waals surface area contributed by atoms with Crippen LogP contribution in [0.5, 0.6) is 0 Å². The number of likely N-dealkylation sites (tertiary alicyclic amines) is 1. The maximum absolute atomic E-state index is 12.6. The number of aliphatic carboxylic acids is 1. The lowest BCUT2D eigenvalue weighted by Crippen LogP contribution is -2.29. The summed E-state index contributed by atoms with van der Waals surface area (Å²) in [6.45, 7) is 2.47. The van der Waals surface area contributed by atoms with Gasteiger partial charge in [0.2, 0.25) is 0 Å². The molecule has 1 N–H and O–H groups in total. The van der Waals surface area contributed by atoms with Crippen molar-refractivity contribution in [2.45, 2.75) is 6.92 Å². The molecule has 2 atom stereocenters. The summed E-state index contributed by atoms with van der Waals surface area (Å²) in [7, 11) is 0. The van der Waals surface area contributed by atoms with Crippen LogP contribution in [0.25, 0.3) is 5.69 Å². The number of carbonyl (C=O) groups is 2. The predicted molar refractivity (Wildman–Crippen MR) is 89.8 cm³/mol. The first kappa shape index (κ1) is 16.8. The number of rotatable bonds is 3. The van der Waals surface area contributed by atoms with Crippen LogP contribution in [0.2, 0.25) is 10.0 Å². The highest BCUT2D eigenvalue weighted by molar-refractivity contribution is 6.35. The molecule has 0 bridgehead atoms. The van der Waals surface area contributed by atoms with Crippen molar-refractivity contribution in [3.8, 4) is 5.69 Å². The first-order chi connectivity index (χ1) is 11.4. The molecule has 1 amide bonds. The maximum atomic E-state index is 12.6. The number of halogens is 2. The third-order valence-electron chi connectivity index (χ3n) is 4.20. The summed E-state index contributed by atoms with van der Waals surface area (Å²) in [5, 5.41) is 14.3. The third-order valence-corrected chi connectivity index (χ3v) is 4.74. The molecule has 1 aromatic carbocycles. The van der Waals surface area contributed by atoms with Crippen LogP contribution in [0.3, 0.4) is 0 Å². The second kappa shape index (κ2) is 6.45. The molecule has 0 saturated carbocycles. The highest BCUT2D eigenvalue weighted by Gasteiger charge is 2.37. The zero-order valence-corrected chi connectivity index (χ0v) is 14.3. The Morgan fingerprint density at radius 1 is 1.29 bits per heavy atom. The number of hydrogen-bond acceptors (Lipinski definition) is 3. The van der Waals surface area contributed by atoms with Crippen molar-refractivity contribution in [3.63, 3.8) is 0 Å². The highest BCUT2D eigenvalue weighted by Crippen LogP contribution is 2.26. The van der Waals surface area contributed by atoms with Gasteiger partial charge in [-0.25, -0.2) is 4.68 Å². The SMILES string of the molecule is C[C@@H]1CN(C(=O)c2cnn(-c3ccc(Cl)cc3Cl)c2)C[C@H]1C(=O)O. The Kier molecular flexibility index (Phi) is 4.51. The fourth-order valence-electron chi connectivity index (χ4n) is 2.87. The van der Waals surface area contributed by atoms with Crippen molar-refractivity contribution in [3.05, 3.63) is 46.2 Å². The molecule has 2 heterocycles. The topological polar surface area (TPSA) is 75.4 Å². The molecule has 0 aliphatic carbocycles. The Morgan fingerprint density at radius 3 is 2.67 bits per heavy atom. The number of amides is 1. The predicted octanol–water partition coefficient (Wildman–Crippen LogP) is 2.97. The molecule has 6 nitrogen and oxygen atoms in total. The number of carbonyl (C=O) groups excluding carboxylic acids is 1. The fraction of sp³-hybridized carbons (Fsp3) is 0.312. The summed E-state index contributed by atoms with van der Waals surface area (Å²) >= 11 is 12.0. The normalized spacial score (nSPS) is 20.4. The Bertz CT molecular complexity index is 806. The van der Waals surface area contributed by atoms with Gasteiger partial charge in [-0.3, -0.25) is 9.59 Å². The van der Waals surface area contributed by atoms with E-state index in [9.17, 15) is 14.7 Å². The second-order valence-electron chi connectivity index (χ2n) is 5.90. The number of carboxylic acids is 1. The van der Waals surface area contributed by atoms with Gasteiger partial charge in [-0.05, 0) is 24.1 Å². The summed E-state index contributed by atoms with van der Waals surface area (Å²) < 4.78 is 1.50. The highest BCUT2D eigenvalue weighted by atomic mass is 35.5. The van der Waals surface area contributed by atoms with Crippen molar-refractivity contribution in [1.29, 1.82) is 0 Å². The van der Waals surface area contributed by atoms with Crippen LogP contribution in [0.1, 0.15) is 17.3 Å². The van der Waals surface area contributed by atoms with Crippen molar-refractivity contribution in [2.75, 3.05) is 13.1 Å². The third kappa shape index (κ3) is 3.12. The summed E-state index contributed by atoms with van der Waals surface area (Å²) in [5.74, 6) is -1.72. The lowest BCUT2D eigenvalue weighted by Gasteiger charge is -2.14. The molecule has 0 radical (unpaired) electrons. The van der Waals surface area contributed by atoms with E-state index in [1.165, 1.54) is 10.9 Å². The van der Waals surface area contributed by atoms with Gasteiger partial charge in [0.1, 0.15) is 0 Å². The van der Waals surface area contributed by atoms with E-state index in [-0.39, 0.29) is 18.4 Å². The van der Waals surface area contributed by atoms with Gasteiger partial charge in [-0.15, -0.1) is 0 Å². The Balaban J connectivity index is 1.81. The van der Waals surface area contributed by atoms with Crippen LogP contribution in [0.15, 0.2) is 30.6 Å². The van der Waals surface area contributed by atoms with Crippen LogP contribution >= 0.6 is 23.2 Å². The second-order valence-corrected chi connectivity index (χ2v) is 6.75. The van der Waals surface area contributed by atoms with E-state index in [1.807, 2.05) is 6.92 Å². The van der Waals surface area contributed by atoms with Crippen molar-refractivity contribution < 1.29 is 14.7 Å². The summed E-state index contributed by atoms with van der Waals surface area (Å²) in [6.07, 6.45) is 3.03. The van der Waals surface area contributed by atoms with E-state index >= 15 is 0 Å². The minimum Gasteiger partial charge on any atom is -0.481 e. The molecule has 1 aliphatic heterocycles. The monoisotopic (exact) mass is 367 g/mol. The van der Waals surface area contributed by atoms with Gasteiger partial charge in [-0.1, -0.05) is 30.1 Å². The van der Waals surface area contributed by atoms with E-state index in [4.69, 9.17) is 23.2 Å². The van der Waals surface area contributed by atoms with E-state index in [0.717, 1.165) is 0 Å². The fourth-order valence-corrected chi connectivity index (χ4v) is 3.36. The van der Waals surface area contributed by atoms with Gasteiger partial charge in [0.15, 0.2) is 0 Å². The Labute approximate surface area is 148 Å². The average molecular weight is 368 g/mol. The van der Waals surface area contributed by atoms with Gasteiger partial charge in [0, 0.05) is 24.3 Å². The number of benzene rings is 1. The van der Waals surface area contributed by atoms with Crippen LogP contribution < -0.4 is 0 Å². The number of aromatic nitrogens is 2. The summed E-state index contributed by atoms with van der Waals surface area (Å²) in [5.41, 5.74) is 0.998. The minimum absolute atomic E-state index is 0.0767. The maximum Gasteiger partial charge on any atom is 0.308 e. The summed E-state index contributed by atoms with van der Waals surface area (Å²) in [6, 6.07) is 5.00. The van der Waals surface area contributed by atoms with E-state index in [1.54, 1.807) is 29.3 Å². The average Bonchev–Trinajstić information content (AvgIpc) is 3.13.